The number of hydrogen-bond acceptors (Lipinski definition) is 9. The minimum Gasteiger partial charge on any atom is -0.496 e. The first-order chi connectivity index (χ1) is 14.7. The molecule has 2 fully saturated rings. The van der Waals surface area contributed by atoms with Crippen LogP contribution in [0.5, 0.6) is 5.75 Å². The number of amides is 1. The van der Waals surface area contributed by atoms with Gasteiger partial charge in [-0.25, -0.2) is 20.8 Å². The Morgan fingerprint density at radius 3 is 2.73 bits per heavy atom. The SMILES string of the molecule is COc1ccccc1C1CC(C(=O)N2CC(c3nc(-c4ncccn4)no3)C2)NN1. The molecule has 2 aromatic heterocycles. The van der Waals surface area contributed by atoms with Crippen molar-refractivity contribution in [2.75, 3.05) is 20.2 Å². The van der Waals surface area contributed by atoms with Crippen LogP contribution in [0.3, 0.4) is 0 Å². The van der Waals surface area contributed by atoms with E-state index < -0.39 is 0 Å². The predicted octanol–water partition coefficient (Wildman–Crippen LogP) is 1.07. The summed E-state index contributed by atoms with van der Waals surface area (Å²) in [5.41, 5.74) is 7.37. The van der Waals surface area contributed by atoms with Gasteiger partial charge < -0.3 is 14.2 Å². The van der Waals surface area contributed by atoms with E-state index in [1.54, 1.807) is 30.5 Å². The number of hydrogen-bond donors (Lipinski definition) is 2. The van der Waals surface area contributed by atoms with Gasteiger partial charge in [0.2, 0.25) is 23.4 Å². The van der Waals surface area contributed by atoms with Gasteiger partial charge >= 0.3 is 0 Å². The fourth-order valence-electron chi connectivity index (χ4n) is 3.82. The Hall–Kier alpha value is -3.37. The van der Waals surface area contributed by atoms with Crippen molar-refractivity contribution in [2.45, 2.75) is 24.4 Å². The van der Waals surface area contributed by atoms with Crippen molar-refractivity contribution in [2.24, 2.45) is 0 Å². The molecule has 1 amide bonds. The van der Waals surface area contributed by atoms with Gasteiger partial charge in [0.1, 0.15) is 11.8 Å². The number of carbonyl (C=O) groups excluding carboxylic acids is 1. The molecule has 10 nitrogen and oxygen atoms in total. The molecular formula is C20H21N7O3. The van der Waals surface area contributed by atoms with E-state index in [2.05, 4.69) is 31.0 Å². The molecule has 2 N–H and O–H groups in total. The molecule has 3 aromatic rings. The van der Waals surface area contributed by atoms with E-state index in [-0.39, 0.29) is 23.9 Å². The monoisotopic (exact) mass is 407 g/mol. The van der Waals surface area contributed by atoms with Gasteiger partial charge in [0.25, 0.3) is 0 Å². The van der Waals surface area contributed by atoms with Crippen molar-refractivity contribution in [1.29, 1.82) is 0 Å². The van der Waals surface area contributed by atoms with E-state index in [9.17, 15) is 4.79 Å². The summed E-state index contributed by atoms with van der Waals surface area (Å²) in [6.45, 7) is 1.10. The Bertz CT molecular complexity index is 1040. The third-order valence-corrected chi connectivity index (χ3v) is 5.47. The molecule has 0 aliphatic carbocycles. The number of likely N-dealkylation sites (tertiary alicyclic amines) is 1. The zero-order valence-electron chi connectivity index (χ0n) is 16.4. The van der Waals surface area contributed by atoms with Crippen LogP contribution in [0.15, 0.2) is 47.2 Å². The molecule has 0 bridgehead atoms. The fourth-order valence-corrected chi connectivity index (χ4v) is 3.82. The summed E-state index contributed by atoms with van der Waals surface area (Å²) >= 11 is 0. The normalized spacial score (nSPS) is 21.4. The van der Waals surface area contributed by atoms with Crippen LogP contribution in [-0.4, -0.2) is 57.2 Å². The molecule has 2 atom stereocenters. The number of ether oxygens (including phenoxy) is 1. The second-order valence-corrected chi connectivity index (χ2v) is 7.34. The highest BCUT2D eigenvalue weighted by molar-refractivity contribution is 5.83. The molecule has 0 radical (unpaired) electrons. The zero-order valence-corrected chi connectivity index (χ0v) is 16.4. The highest BCUT2D eigenvalue weighted by atomic mass is 16.5. The minimum absolute atomic E-state index is 0.0107. The maximum absolute atomic E-state index is 12.9. The molecule has 2 aliphatic heterocycles. The van der Waals surface area contributed by atoms with Crippen LogP contribution in [0, 0.1) is 0 Å². The van der Waals surface area contributed by atoms with E-state index in [1.807, 2.05) is 24.3 Å². The van der Waals surface area contributed by atoms with E-state index in [0.717, 1.165) is 11.3 Å². The van der Waals surface area contributed by atoms with E-state index in [1.165, 1.54) is 0 Å². The second kappa shape index (κ2) is 7.81. The number of methoxy groups -OCH3 is 1. The van der Waals surface area contributed by atoms with Gasteiger partial charge in [-0.15, -0.1) is 0 Å². The second-order valence-electron chi connectivity index (χ2n) is 7.34. The number of carbonyl (C=O) groups is 1. The average molecular weight is 407 g/mol. The lowest BCUT2D eigenvalue weighted by Gasteiger charge is -2.38. The van der Waals surface area contributed by atoms with Crippen molar-refractivity contribution < 1.29 is 14.1 Å². The van der Waals surface area contributed by atoms with Crippen LogP contribution in [0.25, 0.3) is 11.6 Å². The summed E-state index contributed by atoms with van der Waals surface area (Å²) in [7, 11) is 1.65. The number of rotatable bonds is 5. The zero-order chi connectivity index (χ0) is 20.5. The van der Waals surface area contributed by atoms with Crippen molar-refractivity contribution in [3.8, 4) is 17.4 Å². The first-order valence-electron chi connectivity index (χ1n) is 9.76. The molecule has 0 spiro atoms. The quantitative estimate of drug-likeness (QED) is 0.640. The Morgan fingerprint density at radius 2 is 1.93 bits per heavy atom. The molecule has 10 heteroatoms. The molecule has 4 heterocycles. The molecule has 2 aliphatic rings. The summed E-state index contributed by atoms with van der Waals surface area (Å²) in [4.78, 5) is 27.3. The third-order valence-electron chi connectivity index (χ3n) is 5.47. The summed E-state index contributed by atoms with van der Waals surface area (Å²) < 4.78 is 10.8. The molecule has 2 unspecified atom stereocenters. The predicted molar refractivity (Wildman–Crippen MR) is 105 cm³/mol. The van der Waals surface area contributed by atoms with Gasteiger partial charge in [-0.1, -0.05) is 23.4 Å². The Labute approximate surface area is 172 Å². The van der Waals surface area contributed by atoms with Crippen molar-refractivity contribution in [3.05, 3.63) is 54.2 Å². The number of nitrogens with zero attached hydrogens (tertiary/aromatic N) is 5. The summed E-state index contributed by atoms with van der Waals surface area (Å²) in [6.07, 6.45) is 3.91. The molecule has 154 valence electrons. The van der Waals surface area contributed by atoms with Gasteiger partial charge in [0.15, 0.2) is 0 Å². The smallest absolute Gasteiger partial charge is 0.241 e. The molecule has 1 aromatic carbocycles. The first-order valence-corrected chi connectivity index (χ1v) is 9.76. The first kappa shape index (κ1) is 18.6. The maximum Gasteiger partial charge on any atom is 0.241 e. The number of benzene rings is 1. The van der Waals surface area contributed by atoms with Crippen LogP contribution < -0.4 is 15.6 Å². The highest BCUT2D eigenvalue weighted by Crippen LogP contribution is 2.32. The number of para-hydroxylation sites is 1. The third kappa shape index (κ3) is 3.40. The molecular weight excluding hydrogens is 386 g/mol. The molecule has 0 saturated carbocycles. The van der Waals surface area contributed by atoms with Crippen molar-refractivity contribution >= 4 is 5.91 Å². The van der Waals surface area contributed by atoms with Crippen molar-refractivity contribution in [3.63, 3.8) is 0 Å². The van der Waals surface area contributed by atoms with Crippen LogP contribution in [0.2, 0.25) is 0 Å². The van der Waals surface area contributed by atoms with Gasteiger partial charge in [0.05, 0.1) is 19.1 Å². The maximum atomic E-state index is 12.9. The summed E-state index contributed by atoms with van der Waals surface area (Å²) in [5, 5.41) is 3.95. The topological polar surface area (TPSA) is 118 Å². The Morgan fingerprint density at radius 1 is 1.13 bits per heavy atom. The van der Waals surface area contributed by atoms with Crippen LogP contribution >= 0.6 is 0 Å². The van der Waals surface area contributed by atoms with Gasteiger partial charge in [-0.05, 0) is 18.6 Å². The molecule has 30 heavy (non-hydrogen) atoms. The highest BCUT2D eigenvalue weighted by Gasteiger charge is 2.41. The summed E-state index contributed by atoms with van der Waals surface area (Å²) in [5.74, 6) is 2.18. The van der Waals surface area contributed by atoms with E-state index in [0.29, 0.717) is 37.0 Å². The molecule has 5 rings (SSSR count). The average Bonchev–Trinajstić information content (AvgIpc) is 3.43. The lowest BCUT2D eigenvalue weighted by Crippen LogP contribution is -2.54. The van der Waals surface area contributed by atoms with Crippen molar-refractivity contribution in [1.82, 2.24) is 35.9 Å². The number of hydrazine groups is 1. The Balaban J connectivity index is 1.18. The van der Waals surface area contributed by atoms with Crippen LogP contribution in [0.4, 0.5) is 0 Å². The lowest BCUT2D eigenvalue weighted by atomic mass is 9.96. The van der Waals surface area contributed by atoms with Gasteiger partial charge in [0, 0.05) is 31.0 Å². The number of aromatic nitrogens is 4. The van der Waals surface area contributed by atoms with Crippen LogP contribution in [0.1, 0.15) is 29.8 Å². The Kier molecular flexibility index (Phi) is 4.85. The molecule has 2 saturated heterocycles. The fraction of sp³-hybridized carbons (Fsp3) is 0.350. The lowest BCUT2D eigenvalue weighted by molar-refractivity contribution is -0.138. The summed E-state index contributed by atoms with van der Waals surface area (Å²) in [6, 6.07) is 9.27. The number of nitrogens with one attached hydrogen (secondary N) is 2. The largest absolute Gasteiger partial charge is 0.496 e. The van der Waals surface area contributed by atoms with Gasteiger partial charge in [-0.2, -0.15) is 4.98 Å². The van der Waals surface area contributed by atoms with E-state index in [4.69, 9.17) is 9.26 Å². The van der Waals surface area contributed by atoms with Gasteiger partial charge in [-0.3, -0.25) is 4.79 Å². The van der Waals surface area contributed by atoms with E-state index >= 15 is 0 Å². The minimum atomic E-state index is -0.295. The standard InChI is InChI=1S/C20H21N7O3/c1-29-16-6-3-2-5-13(16)14-9-15(25-24-14)20(28)27-10-12(11-27)19-23-18(26-30-19)17-21-7-4-8-22-17/h2-8,12,14-15,24-25H,9-11H2,1H3. The van der Waals surface area contributed by atoms with Crippen LogP contribution in [-0.2, 0) is 4.79 Å².